The van der Waals surface area contributed by atoms with Crippen LogP contribution in [0.4, 0.5) is 5.69 Å². The van der Waals surface area contributed by atoms with Gasteiger partial charge in [-0.05, 0) is 18.6 Å². The summed E-state index contributed by atoms with van der Waals surface area (Å²) in [4.78, 5) is 24.4. The molecule has 0 aliphatic heterocycles. The molecule has 8 heteroatoms. The Kier molecular flexibility index (Phi) is 5.71. The van der Waals surface area contributed by atoms with Crippen LogP contribution in [-0.4, -0.2) is 49.6 Å². The van der Waals surface area contributed by atoms with Crippen molar-refractivity contribution in [1.82, 2.24) is 4.90 Å². The van der Waals surface area contributed by atoms with Crippen LogP contribution in [0.2, 0.25) is 0 Å². The number of hydrogen-bond acceptors (Lipinski definition) is 4. The first kappa shape index (κ1) is 17.0. The highest BCUT2D eigenvalue weighted by atomic mass is 32.2. The Hall–Kier alpha value is -2.09. The fourth-order valence-electron chi connectivity index (χ4n) is 1.81. The van der Waals surface area contributed by atoms with E-state index in [0.717, 1.165) is 6.26 Å². The molecule has 0 fully saturated rings. The summed E-state index contributed by atoms with van der Waals surface area (Å²) in [5.74, 6) is -1.64. The van der Waals surface area contributed by atoms with Gasteiger partial charge in [0, 0.05) is 6.54 Å². The fourth-order valence-corrected chi connectivity index (χ4v) is 2.39. The molecule has 0 aromatic heterocycles. The smallest absolute Gasteiger partial charge is 0.323 e. The van der Waals surface area contributed by atoms with Gasteiger partial charge >= 0.3 is 5.97 Å². The summed E-state index contributed by atoms with van der Waals surface area (Å²) in [7, 11) is -3.53. The number of carbonyl (C=O) groups excluding carboxylic acids is 1. The summed E-state index contributed by atoms with van der Waals surface area (Å²) in [5, 5.41) is 8.86. The van der Waals surface area contributed by atoms with E-state index in [-0.39, 0.29) is 17.8 Å². The molecule has 1 aromatic carbocycles. The zero-order chi connectivity index (χ0) is 16.0. The first-order valence-electron chi connectivity index (χ1n) is 6.32. The second kappa shape index (κ2) is 7.07. The lowest BCUT2D eigenvalue weighted by molar-refractivity contribution is -0.137. The molecule has 1 amide bonds. The van der Waals surface area contributed by atoms with Crippen LogP contribution >= 0.6 is 0 Å². The van der Waals surface area contributed by atoms with Crippen molar-refractivity contribution in [1.29, 1.82) is 0 Å². The van der Waals surface area contributed by atoms with Crippen molar-refractivity contribution >= 4 is 27.6 Å². The summed E-state index contributed by atoms with van der Waals surface area (Å²) in [6, 6.07) is 6.09. The Labute approximate surface area is 123 Å². The van der Waals surface area contributed by atoms with E-state index in [4.69, 9.17) is 5.11 Å². The number of amides is 1. The van der Waals surface area contributed by atoms with Crippen molar-refractivity contribution in [2.75, 3.05) is 24.1 Å². The molecular weight excluding hydrogens is 296 g/mol. The molecule has 0 saturated heterocycles. The molecule has 0 spiro atoms. The second-order valence-corrected chi connectivity index (χ2v) is 6.29. The molecule has 0 atom stereocenters. The highest BCUT2D eigenvalue weighted by Crippen LogP contribution is 2.18. The molecule has 1 aromatic rings. The van der Waals surface area contributed by atoms with E-state index in [1.165, 1.54) is 17.0 Å². The Bertz CT molecular complexity index is 627. The zero-order valence-electron chi connectivity index (χ0n) is 11.9. The lowest BCUT2D eigenvalue weighted by Crippen LogP contribution is -2.36. The summed E-state index contributed by atoms with van der Waals surface area (Å²) in [6.45, 7) is 1.67. The van der Waals surface area contributed by atoms with Crippen molar-refractivity contribution < 1.29 is 23.1 Å². The topological polar surface area (TPSA) is 104 Å². The van der Waals surface area contributed by atoms with Crippen LogP contribution in [0.25, 0.3) is 0 Å². The third-order valence-corrected chi connectivity index (χ3v) is 3.15. The molecular formula is C13H18N2O5S. The van der Waals surface area contributed by atoms with Crippen LogP contribution in [0.3, 0.4) is 0 Å². The predicted molar refractivity (Wildman–Crippen MR) is 78.7 cm³/mol. The summed E-state index contributed by atoms with van der Waals surface area (Å²) >= 11 is 0. The van der Waals surface area contributed by atoms with E-state index in [1.807, 2.05) is 6.92 Å². The lowest BCUT2D eigenvalue weighted by atomic mass is 10.1. The van der Waals surface area contributed by atoms with E-state index in [1.54, 1.807) is 12.1 Å². The van der Waals surface area contributed by atoms with E-state index in [9.17, 15) is 18.0 Å². The normalized spacial score (nSPS) is 11.0. The maximum atomic E-state index is 12.4. The van der Waals surface area contributed by atoms with Gasteiger partial charge in [-0.1, -0.05) is 19.1 Å². The summed E-state index contributed by atoms with van der Waals surface area (Å²) in [6.07, 6.45) is 1.58. The number of nitrogens with one attached hydrogen (secondary N) is 1. The van der Waals surface area contributed by atoms with E-state index in [2.05, 4.69) is 4.72 Å². The molecule has 1 rings (SSSR count). The monoisotopic (exact) mass is 314 g/mol. The van der Waals surface area contributed by atoms with Crippen molar-refractivity contribution in [3.63, 3.8) is 0 Å². The van der Waals surface area contributed by atoms with Gasteiger partial charge in [-0.3, -0.25) is 14.3 Å². The second-order valence-electron chi connectivity index (χ2n) is 4.54. The minimum atomic E-state index is -3.53. The number of aliphatic carboxylic acids is 1. The minimum absolute atomic E-state index is 0.123. The third-order valence-electron chi connectivity index (χ3n) is 2.56. The molecule has 0 aliphatic carbocycles. The molecule has 116 valence electrons. The van der Waals surface area contributed by atoms with E-state index >= 15 is 0 Å². The van der Waals surface area contributed by atoms with Crippen molar-refractivity contribution in [3.05, 3.63) is 29.8 Å². The zero-order valence-corrected chi connectivity index (χ0v) is 12.7. The molecule has 0 saturated carbocycles. The quantitative estimate of drug-likeness (QED) is 0.781. The highest BCUT2D eigenvalue weighted by Gasteiger charge is 2.21. The molecule has 0 bridgehead atoms. The Morgan fingerprint density at radius 1 is 1.29 bits per heavy atom. The average Bonchev–Trinajstić information content (AvgIpc) is 2.35. The maximum Gasteiger partial charge on any atom is 0.323 e. The molecule has 0 unspecified atom stereocenters. The number of benzene rings is 1. The number of carbonyl (C=O) groups is 2. The largest absolute Gasteiger partial charge is 0.480 e. The van der Waals surface area contributed by atoms with Gasteiger partial charge in [0.05, 0.1) is 17.5 Å². The van der Waals surface area contributed by atoms with Gasteiger partial charge in [0.25, 0.3) is 5.91 Å². The number of para-hydroxylation sites is 1. The molecule has 7 nitrogen and oxygen atoms in total. The molecule has 2 N–H and O–H groups in total. The molecule has 0 radical (unpaired) electrons. The van der Waals surface area contributed by atoms with Gasteiger partial charge in [-0.15, -0.1) is 0 Å². The number of sulfonamides is 1. The van der Waals surface area contributed by atoms with Gasteiger partial charge in [-0.2, -0.15) is 0 Å². The highest BCUT2D eigenvalue weighted by molar-refractivity contribution is 7.92. The lowest BCUT2D eigenvalue weighted by Gasteiger charge is -2.21. The van der Waals surface area contributed by atoms with Gasteiger partial charge in [0.15, 0.2) is 0 Å². The van der Waals surface area contributed by atoms with Crippen LogP contribution in [0.1, 0.15) is 23.7 Å². The van der Waals surface area contributed by atoms with Crippen molar-refractivity contribution in [2.45, 2.75) is 13.3 Å². The number of carboxylic acid groups (broad SMARTS) is 1. The predicted octanol–water partition coefficient (Wildman–Crippen LogP) is 0.995. The third kappa shape index (κ3) is 5.42. The average molecular weight is 314 g/mol. The number of carboxylic acids is 1. The number of anilines is 1. The van der Waals surface area contributed by atoms with Crippen LogP contribution < -0.4 is 4.72 Å². The molecule has 21 heavy (non-hydrogen) atoms. The first-order valence-corrected chi connectivity index (χ1v) is 8.21. The van der Waals surface area contributed by atoms with E-state index in [0.29, 0.717) is 6.42 Å². The Morgan fingerprint density at radius 2 is 1.90 bits per heavy atom. The van der Waals surface area contributed by atoms with Crippen molar-refractivity contribution in [3.8, 4) is 0 Å². The van der Waals surface area contributed by atoms with Gasteiger partial charge < -0.3 is 10.0 Å². The summed E-state index contributed by atoms with van der Waals surface area (Å²) in [5.41, 5.74) is 0.258. The van der Waals surface area contributed by atoms with Crippen LogP contribution in [0.5, 0.6) is 0 Å². The first-order chi connectivity index (χ1) is 9.74. The SMILES string of the molecule is CCCN(CC(=O)O)C(=O)c1ccccc1NS(C)(=O)=O. The number of nitrogens with zero attached hydrogens (tertiary/aromatic N) is 1. The standard InChI is InChI=1S/C13H18N2O5S/c1-3-8-15(9-12(16)17)13(18)10-6-4-5-7-11(10)14-21(2,19)20/h4-7,14H,3,8-9H2,1-2H3,(H,16,17). The van der Waals surface area contributed by atoms with Gasteiger partial charge in [0.2, 0.25) is 10.0 Å². The van der Waals surface area contributed by atoms with E-state index < -0.39 is 28.4 Å². The Balaban J connectivity index is 3.12. The van der Waals surface area contributed by atoms with Crippen LogP contribution in [-0.2, 0) is 14.8 Å². The Morgan fingerprint density at radius 3 is 2.43 bits per heavy atom. The maximum absolute atomic E-state index is 12.4. The van der Waals surface area contributed by atoms with Crippen LogP contribution in [0.15, 0.2) is 24.3 Å². The van der Waals surface area contributed by atoms with Gasteiger partial charge in [-0.25, -0.2) is 8.42 Å². The minimum Gasteiger partial charge on any atom is -0.480 e. The summed E-state index contributed by atoms with van der Waals surface area (Å²) < 4.78 is 24.9. The van der Waals surface area contributed by atoms with Crippen LogP contribution in [0, 0.1) is 0 Å². The fraction of sp³-hybridized carbons (Fsp3) is 0.385. The number of hydrogen-bond donors (Lipinski definition) is 2. The van der Waals surface area contributed by atoms with Crippen molar-refractivity contribution in [2.24, 2.45) is 0 Å². The van der Waals surface area contributed by atoms with Gasteiger partial charge in [0.1, 0.15) is 6.54 Å². The molecule has 0 heterocycles. The molecule has 0 aliphatic rings. The number of rotatable bonds is 7.